The number of carbonyl (C=O) groups excluding carboxylic acids is 3. The maximum atomic E-state index is 14.9. The number of benzene rings is 1. The van der Waals surface area contributed by atoms with Gasteiger partial charge < -0.3 is 15.4 Å². The van der Waals surface area contributed by atoms with Gasteiger partial charge in [-0.25, -0.2) is 14.2 Å². The molecule has 2 fully saturated rings. The Bertz CT molecular complexity index is 1000. The minimum Gasteiger partial charge on any atom is -0.433 e. The Morgan fingerprint density at radius 1 is 1.20 bits per heavy atom. The Balaban J connectivity index is 1.54. The smallest absolute Gasteiger partial charge is 0.415 e. The molecule has 2 unspecified atom stereocenters. The molecule has 8 nitrogen and oxygen atoms in total. The predicted octanol–water partition coefficient (Wildman–Crippen LogP) is 2.26. The van der Waals surface area contributed by atoms with Crippen molar-refractivity contribution < 1.29 is 23.5 Å². The maximum absolute atomic E-state index is 14.9. The first kappa shape index (κ1) is 19.8. The first-order valence-corrected chi connectivity index (χ1v) is 9.67. The number of pyridine rings is 1. The first-order chi connectivity index (χ1) is 14.3. The van der Waals surface area contributed by atoms with Crippen molar-refractivity contribution in [3.63, 3.8) is 0 Å². The number of ether oxygens (including phenoxy) is 1. The SMILES string of the molecule is CC1C(C(N)=O)OC(=O)N1c1ccc(-c2ccc(N3CCC(=O)CC3)nc2)c(F)c1. The van der Waals surface area contributed by atoms with Crippen LogP contribution in [-0.2, 0) is 14.3 Å². The fourth-order valence-corrected chi connectivity index (χ4v) is 3.81. The molecule has 2 saturated heterocycles. The van der Waals surface area contributed by atoms with Crippen LogP contribution >= 0.6 is 0 Å². The summed E-state index contributed by atoms with van der Waals surface area (Å²) in [4.78, 5) is 42.6. The largest absolute Gasteiger partial charge is 0.433 e. The first-order valence-electron chi connectivity index (χ1n) is 9.67. The highest BCUT2D eigenvalue weighted by Crippen LogP contribution is 2.32. The minimum atomic E-state index is -1.08. The van der Waals surface area contributed by atoms with Crippen LogP contribution in [0.5, 0.6) is 0 Å². The van der Waals surface area contributed by atoms with Gasteiger partial charge in [0.2, 0.25) is 6.10 Å². The van der Waals surface area contributed by atoms with Gasteiger partial charge in [0.15, 0.2) is 0 Å². The Kier molecular flexibility index (Phi) is 5.11. The van der Waals surface area contributed by atoms with Crippen LogP contribution in [0.15, 0.2) is 36.5 Å². The molecule has 2 aliphatic rings. The van der Waals surface area contributed by atoms with Gasteiger partial charge in [-0.15, -0.1) is 0 Å². The third-order valence-corrected chi connectivity index (χ3v) is 5.49. The zero-order chi connectivity index (χ0) is 21.4. The fraction of sp³-hybridized carbons (Fsp3) is 0.333. The molecule has 1 aromatic heterocycles. The molecule has 0 aliphatic carbocycles. The Morgan fingerprint density at radius 2 is 1.93 bits per heavy atom. The van der Waals surface area contributed by atoms with Gasteiger partial charge in [-0.1, -0.05) is 0 Å². The maximum Gasteiger partial charge on any atom is 0.415 e. The zero-order valence-electron chi connectivity index (χ0n) is 16.4. The molecule has 2 atom stereocenters. The number of hydrogen-bond acceptors (Lipinski definition) is 6. The number of hydrogen-bond donors (Lipinski definition) is 1. The number of Topliss-reactive ketones (excluding diaryl/α,β-unsaturated/α-hetero) is 1. The third kappa shape index (κ3) is 3.58. The average Bonchev–Trinajstić information content (AvgIpc) is 3.03. The van der Waals surface area contributed by atoms with Crippen molar-refractivity contribution in [3.05, 3.63) is 42.3 Å². The number of piperidine rings is 1. The standard InChI is InChI=1S/C21H21FN4O4/c1-12-19(20(23)28)30-21(29)26(12)14-3-4-16(17(22)10-14)13-2-5-18(24-11-13)25-8-6-15(27)7-9-25/h2-5,10-12,19H,6-9H2,1H3,(H2,23,28). The molecule has 0 bridgehead atoms. The third-order valence-electron chi connectivity index (χ3n) is 5.49. The molecule has 3 heterocycles. The number of nitrogens with two attached hydrogens (primary N) is 1. The van der Waals surface area contributed by atoms with E-state index in [2.05, 4.69) is 4.98 Å². The van der Waals surface area contributed by atoms with Crippen LogP contribution in [0.25, 0.3) is 11.1 Å². The number of anilines is 2. The van der Waals surface area contributed by atoms with E-state index in [0.29, 0.717) is 37.1 Å². The van der Waals surface area contributed by atoms with E-state index in [1.807, 2.05) is 4.90 Å². The average molecular weight is 412 g/mol. The predicted molar refractivity (Wildman–Crippen MR) is 107 cm³/mol. The van der Waals surface area contributed by atoms with Crippen molar-refractivity contribution in [2.75, 3.05) is 22.9 Å². The van der Waals surface area contributed by atoms with E-state index in [1.54, 1.807) is 37.4 Å². The summed E-state index contributed by atoms with van der Waals surface area (Å²) in [6.07, 6.45) is 0.771. The zero-order valence-corrected chi connectivity index (χ0v) is 16.4. The molecule has 0 spiro atoms. The molecule has 9 heteroatoms. The molecule has 0 radical (unpaired) electrons. The number of carbonyl (C=O) groups is 3. The molecular weight excluding hydrogens is 391 g/mol. The monoisotopic (exact) mass is 412 g/mol. The molecule has 2 amide bonds. The lowest BCUT2D eigenvalue weighted by molar-refractivity contribution is -0.125. The number of rotatable bonds is 4. The van der Waals surface area contributed by atoms with Crippen LogP contribution in [-0.4, -0.2) is 48.0 Å². The van der Waals surface area contributed by atoms with Gasteiger partial charge in [0.25, 0.3) is 5.91 Å². The molecule has 1 aromatic carbocycles. The van der Waals surface area contributed by atoms with E-state index >= 15 is 0 Å². The molecule has 0 saturated carbocycles. The fourth-order valence-electron chi connectivity index (χ4n) is 3.81. The quantitative estimate of drug-likeness (QED) is 0.826. The van der Waals surface area contributed by atoms with Crippen LogP contribution in [0, 0.1) is 5.82 Å². The second-order valence-electron chi connectivity index (χ2n) is 7.41. The normalized spacial score (nSPS) is 21.7. The van der Waals surface area contributed by atoms with Crippen molar-refractivity contribution in [1.82, 2.24) is 4.98 Å². The molecule has 2 aromatic rings. The number of cyclic esters (lactones) is 1. The number of halogens is 1. The van der Waals surface area contributed by atoms with Crippen LogP contribution in [0.1, 0.15) is 19.8 Å². The van der Waals surface area contributed by atoms with Crippen molar-refractivity contribution in [1.29, 1.82) is 0 Å². The highest BCUT2D eigenvalue weighted by molar-refractivity contribution is 5.96. The van der Waals surface area contributed by atoms with E-state index in [0.717, 1.165) is 5.82 Å². The molecule has 4 rings (SSSR count). The summed E-state index contributed by atoms with van der Waals surface area (Å²) in [7, 11) is 0. The number of aromatic nitrogens is 1. The lowest BCUT2D eigenvalue weighted by Gasteiger charge is -2.27. The summed E-state index contributed by atoms with van der Waals surface area (Å²) in [5.41, 5.74) is 6.45. The van der Waals surface area contributed by atoms with Crippen LogP contribution in [0.3, 0.4) is 0 Å². The lowest BCUT2D eigenvalue weighted by atomic mass is 10.0. The summed E-state index contributed by atoms with van der Waals surface area (Å²) in [6.45, 7) is 2.87. The van der Waals surface area contributed by atoms with Crippen molar-refractivity contribution in [2.45, 2.75) is 31.9 Å². The van der Waals surface area contributed by atoms with Crippen molar-refractivity contribution in [2.24, 2.45) is 5.73 Å². The van der Waals surface area contributed by atoms with E-state index < -0.39 is 30.0 Å². The van der Waals surface area contributed by atoms with Gasteiger partial charge in [-0.05, 0) is 37.3 Å². The molecule has 30 heavy (non-hydrogen) atoms. The van der Waals surface area contributed by atoms with Gasteiger partial charge in [0, 0.05) is 43.3 Å². The summed E-state index contributed by atoms with van der Waals surface area (Å²) >= 11 is 0. The number of primary amides is 1. The Hall–Kier alpha value is -3.49. The van der Waals surface area contributed by atoms with Crippen molar-refractivity contribution >= 4 is 29.3 Å². The van der Waals surface area contributed by atoms with Crippen molar-refractivity contribution in [3.8, 4) is 11.1 Å². The highest BCUT2D eigenvalue weighted by Gasteiger charge is 2.43. The van der Waals surface area contributed by atoms with E-state index in [4.69, 9.17) is 10.5 Å². The number of amides is 2. The highest BCUT2D eigenvalue weighted by atomic mass is 19.1. The molecular formula is C21H21FN4O4. The van der Waals surface area contributed by atoms with Gasteiger partial charge in [-0.2, -0.15) is 0 Å². The molecule has 156 valence electrons. The second-order valence-corrected chi connectivity index (χ2v) is 7.41. The van der Waals surface area contributed by atoms with Gasteiger partial charge >= 0.3 is 6.09 Å². The topological polar surface area (TPSA) is 106 Å². The summed E-state index contributed by atoms with van der Waals surface area (Å²) in [5.74, 6) is -0.286. The molecule has 2 aliphatic heterocycles. The Morgan fingerprint density at radius 3 is 2.50 bits per heavy atom. The van der Waals surface area contributed by atoms with E-state index in [-0.39, 0.29) is 11.5 Å². The van der Waals surface area contributed by atoms with Gasteiger partial charge in [0.1, 0.15) is 17.4 Å². The van der Waals surface area contributed by atoms with Crippen LogP contribution in [0.4, 0.5) is 20.7 Å². The Labute approximate surface area is 172 Å². The van der Waals surface area contributed by atoms with E-state index in [9.17, 15) is 18.8 Å². The van der Waals surface area contributed by atoms with Gasteiger partial charge in [-0.3, -0.25) is 14.5 Å². The lowest BCUT2D eigenvalue weighted by Crippen LogP contribution is -2.40. The van der Waals surface area contributed by atoms with Crippen LogP contribution in [0.2, 0.25) is 0 Å². The summed E-state index contributed by atoms with van der Waals surface area (Å²) < 4.78 is 19.8. The molecule has 2 N–H and O–H groups in total. The summed E-state index contributed by atoms with van der Waals surface area (Å²) in [5, 5.41) is 0. The number of ketones is 1. The number of nitrogens with zero attached hydrogens (tertiary/aromatic N) is 3. The van der Waals surface area contributed by atoms with E-state index in [1.165, 1.54) is 11.0 Å². The van der Waals surface area contributed by atoms with Crippen LogP contribution < -0.4 is 15.5 Å². The minimum absolute atomic E-state index is 0.253. The second kappa shape index (κ2) is 7.74. The summed E-state index contributed by atoms with van der Waals surface area (Å²) in [6, 6.07) is 7.29. The van der Waals surface area contributed by atoms with Gasteiger partial charge in [0.05, 0.1) is 11.7 Å².